The molecule has 0 unspecified atom stereocenters. The van der Waals surface area contributed by atoms with Crippen LogP contribution in [0.3, 0.4) is 0 Å². The Bertz CT molecular complexity index is 813. The van der Waals surface area contributed by atoms with Gasteiger partial charge in [0.05, 0.1) is 18.3 Å². The Morgan fingerprint density at radius 1 is 1.33 bits per heavy atom. The number of para-hydroxylation sites is 1. The summed E-state index contributed by atoms with van der Waals surface area (Å²) in [6.07, 6.45) is 1.62. The fourth-order valence-electron chi connectivity index (χ4n) is 1.95. The second kappa shape index (κ2) is 5.20. The number of aromatic nitrogens is 3. The first kappa shape index (κ1) is 13.0. The molecule has 3 aromatic rings. The highest BCUT2D eigenvalue weighted by Gasteiger charge is 2.13. The minimum Gasteiger partial charge on any atom is -0.475 e. The number of carboxylic acid groups (broad SMARTS) is 1. The standard InChI is InChI=1S/C14H12N4O3/c1-8-6-15-11(21-8)7-16-12-9-4-2-3-5-10(9)17-13(18-12)14(19)20/h2-6H,7H2,1H3,(H,19,20)(H,16,17,18). The van der Waals surface area contributed by atoms with Crippen molar-refractivity contribution in [2.75, 3.05) is 5.32 Å². The van der Waals surface area contributed by atoms with Gasteiger partial charge < -0.3 is 14.8 Å². The van der Waals surface area contributed by atoms with Crippen LogP contribution >= 0.6 is 0 Å². The molecule has 0 spiro atoms. The molecule has 7 heteroatoms. The van der Waals surface area contributed by atoms with Crippen molar-refractivity contribution in [2.45, 2.75) is 13.5 Å². The van der Waals surface area contributed by atoms with Gasteiger partial charge >= 0.3 is 5.97 Å². The van der Waals surface area contributed by atoms with E-state index in [2.05, 4.69) is 20.3 Å². The van der Waals surface area contributed by atoms with Gasteiger partial charge in [-0.2, -0.15) is 0 Å². The second-order valence-corrected chi connectivity index (χ2v) is 4.44. The number of anilines is 1. The molecule has 106 valence electrons. The van der Waals surface area contributed by atoms with E-state index in [1.807, 2.05) is 12.1 Å². The predicted octanol–water partition coefficient (Wildman–Crippen LogP) is 2.24. The van der Waals surface area contributed by atoms with E-state index < -0.39 is 5.97 Å². The lowest BCUT2D eigenvalue weighted by molar-refractivity contribution is 0.0684. The van der Waals surface area contributed by atoms with Gasteiger partial charge in [-0.1, -0.05) is 12.1 Å². The summed E-state index contributed by atoms with van der Waals surface area (Å²) >= 11 is 0. The van der Waals surface area contributed by atoms with Crippen molar-refractivity contribution < 1.29 is 14.3 Å². The van der Waals surface area contributed by atoms with Gasteiger partial charge in [0.2, 0.25) is 11.7 Å². The first-order valence-electron chi connectivity index (χ1n) is 6.29. The number of nitrogens with one attached hydrogen (secondary N) is 1. The predicted molar refractivity (Wildman–Crippen MR) is 75.1 cm³/mol. The monoisotopic (exact) mass is 284 g/mol. The SMILES string of the molecule is Cc1cnc(CNc2nc(C(=O)O)nc3ccccc23)o1. The number of hydrogen-bond donors (Lipinski definition) is 2. The molecular formula is C14H12N4O3. The topological polar surface area (TPSA) is 101 Å². The van der Waals surface area contributed by atoms with E-state index in [9.17, 15) is 4.79 Å². The molecular weight excluding hydrogens is 272 g/mol. The van der Waals surface area contributed by atoms with Crippen LogP contribution in [0.15, 0.2) is 34.9 Å². The summed E-state index contributed by atoms with van der Waals surface area (Å²) in [6.45, 7) is 2.12. The van der Waals surface area contributed by atoms with Crippen LogP contribution in [0.5, 0.6) is 0 Å². The van der Waals surface area contributed by atoms with E-state index in [-0.39, 0.29) is 5.82 Å². The van der Waals surface area contributed by atoms with Gasteiger partial charge in [-0.15, -0.1) is 0 Å². The number of carbonyl (C=O) groups is 1. The third-order valence-electron chi connectivity index (χ3n) is 2.87. The smallest absolute Gasteiger partial charge is 0.374 e. The van der Waals surface area contributed by atoms with Gasteiger partial charge in [-0.05, 0) is 19.1 Å². The molecule has 7 nitrogen and oxygen atoms in total. The Morgan fingerprint density at radius 2 is 2.14 bits per heavy atom. The number of benzene rings is 1. The fourth-order valence-corrected chi connectivity index (χ4v) is 1.95. The molecule has 0 bridgehead atoms. The second-order valence-electron chi connectivity index (χ2n) is 4.44. The zero-order valence-electron chi connectivity index (χ0n) is 11.2. The largest absolute Gasteiger partial charge is 0.475 e. The highest BCUT2D eigenvalue weighted by molar-refractivity contribution is 5.93. The Morgan fingerprint density at radius 3 is 2.86 bits per heavy atom. The van der Waals surface area contributed by atoms with Crippen LogP contribution in [0, 0.1) is 6.92 Å². The van der Waals surface area contributed by atoms with Gasteiger partial charge in [0.1, 0.15) is 11.6 Å². The van der Waals surface area contributed by atoms with Crippen molar-refractivity contribution >= 4 is 22.7 Å². The van der Waals surface area contributed by atoms with E-state index in [4.69, 9.17) is 9.52 Å². The van der Waals surface area contributed by atoms with Crippen LogP contribution in [0.4, 0.5) is 5.82 Å². The first-order valence-corrected chi connectivity index (χ1v) is 6.29. The van der Waals surface area contributed by atoms with Crippen LogP contribution in [0.1, 0.15) is 22.3 Å². The van der Waals surface area contributed by atoms with Crippen molar-refractivity contribution in [2.24, 2.45) is 0 Å². The Balaban J connectivity index is 1.97. The molecule has 0 aliphatic rings. The van der Waals surface area contributed by atoms with Crippen LogP contribution in [-0.4, -0.2) is 26.0 Å². The number of fused-ring (bicyclic) bond motifs is 1. The van der Waals surface area contributed by atoms with Crippen LogP contribution in [-0.2, 0) is 6.54 Å². The van der Waals surface area contributed by atoms with Crippen molar-refractivity contribution in [3.05, 3.63) is 47.9 Å². The highest BCUT2D eigenvalue weighted by Crippen LogP contribution is 2.20. The maximum atomic E-state index is 11.1. The lowest BCUT2D eigenvalue weighted by Gasteiger charge is -2.08. The summed E-state index contributed by atoms with van der Waals surface area (Å²) in [6, 6.07) is 7.20. The summed E-state index contributed by atoms with van der Waals surface area (Å²) in [5.74, 6) is 0.238. The minimum absolute atomic E-state index is 0.250. The molecule has 0 saturated carbocycles. The molecule has 3 rings (SSSR count). The molecule has 2 aromatic heterocycles. The zero-order chi connectivity index (χ0) is 14.8. The van der Waals surface area contributed by atoms with Gasteiger partial charge in [0.15, 0.2) is 0 Å². The van der Waals surface area contributed by atoms with Gasteiger partial charge in [-0.25, -0.2) is 19.7 Å². The van der Waals surface area contributed by atoms with Gasteiger partial charge in [-0.3, -0.25) is 0 Å². The molecule has 21 heavy (non-hydrogen) atoms. The molecule has 1 aromatic carbocycles. The molecule has 2 N–H and O–H groups in total. The van der Waals surface area contributed by atoms with Crippen LogP contribution in [0.25, 0.3) is 10.9 Å². The van der Waals surface area contributed by atoms with Crippen molar-refractivity contribution in [3.8, 4) is 0 Å². The maximum Gasteiger partial charge on any atom is 0.374 e. The van der Waals surface area contributed by atoms with Crippen molar-refractivity contribution in [1.29, 1.82) is 0 Å². The fraction of sp³-hybridized carbons (Fsp3) is 0.143. The lowest BCUT2D eigenvalue weighted by Crippen LogP contribution is -2.09. The molecule has 0 atom stereocenters. The van der Waals surface area contributed by atoms with E-state index in [1.165, 1.54) is 0 Å². The number of oxazole rings is 1. The molecule has 0 aliphatic carbocycles. The molecule has 0 aliphatic heterocycles. The average Bonchev–Trinajstić information content (AvgIpc) is 2.90. The third kappa shape index (κ3) is 2.66. The summed E-state index contributed by atoms with van der Waals surface area (Å²) in [4.78, 5) is 23.2. The van der Waals surface area contributed by atoms with E-state index in [1.54, 1.807) is 25.3 Å². The Hall–Kier alpha value is -2.96. The summed E-state index contributed by atoms with van der Waals surface area (Å²) in [7, 11) is 0. The minimum atomic E-state index is -1.17. The molecule has 0 amide bonds. The van der Waals surface area contributed by atoms with Gasteiger partial charge in [0, 0.05) is 5.39 Å². The quantitative estimate of drug-likeness (QED) is 0.757. The van der Waals surface area contributed by atoms with E-state index in [0.717, 1.165) is 5.39 Å². The first-order chi connectivity index (χ1) is 10.1. The summed E-state index contributed by atoms with van der Waals surface area (Å²) in [5.41, 5.74) is 0.566. The third-order valence-corrected chi connectivity index (χ3v) is 2.87. The lowest BCUT2D eigenvalue weighted by atomic mass is 10.2. The number of nitrogens with zero attached hydrogens (tertiary/aromatic N) is 3. The average molecular weight is 284 g/mol. The van der Waals surface area contributed by atoms with Crippen molar-refractivity contribution in [3.63, 3.8) is 0 Å². The Kier molecular flexibility index (Phi) is 3.23. The number of aryl methyl sites for hydroxylation is 1. The maximum absolute atomic E-state index is 11.1. The van der Waals surface area contributed by atoms with E-state index >= 15 is 0 Å². The van der Waals surface area contributed by atoms with Crippen molar-refractivity contribution in [1.82, 2.24) is 15.0 Å². The van der Waals surface area contributed by atoms with Gasteiger partial charge in [0.25, 0.3) is 0 Å². The van der Waals surface area contributed by atoms with Crippen LogP contribution < -0.4 is 5.32 Å². The molecule has 0 radical (unpaired) electrons. The Labute approximate surface area is 119 Å². The number of hydrogen-bond acceptors (Lipinski definition) is 6. The van der Waals surface area contributed by atoms with E-state index in [0.29, 0.717) is 29.5 Å². The number of carboxylic acids is 1. The number of aromatic carboxylic acids is 1. The molecule has 0 fully saturated rings. The van der Waals surface area contributed by atoms with Crippen LogP contribution in [0.2, 0.25) is 0 Å². The number of rotatable bonds is 4. The molecule has 2 heterocycles. The normalized spacial score (nSPS) is 10.7. The summed E-state index contributed by atoms with van der Waals surface area (Å²) < 4.78 is 5.36. The summed E-state index contributed by atoms with van der Waals surface area (Å²) in [5, 5.41) is 12.9. The molecule has 0 saturated heterocycles. The highest BCUT2D eigenvalue weighted by atomic mass is 16.4. The zero-order valence-corrected chi connectivity index (χ0v) is 11.2.